The van der Waals surface area contributed by atoms with E-state index in [-0.39, 0.29) is 5.09 Å². The lowest BCUT2D eigenvalue weighted by molar-refractivity contribution is 0.394. The maximum Gasteiger partial charge on any atom is 0.273 e. The standard InChI is InChI=1S/C11H20N2O3S2/c1-4-17-8-9(2)13-7-10-5-6-11(16-10)18(14,15)12-3/h5-6,9,12-13H,4,7-8H2,1-3H3. The Morgan fingerprint density at radius 2 is 2.17 bits per heavy atom. The van der Waals surface area contributed by atoms with Crippen LogP contribution in [0.3, 0.4) is 0 Å². The summed E-state index contributed by atoms with van der Waals surface area (Å²) >= 11 is 1.87. The molecule has 1 unspecified atom stereocenters. The topological polar surface area (TPSA) is 71.3 Å². The van der Waals surface area contributed by atoms with Gasteiger partial charge >= 0.3 is 0 Å². The molecule has 104 valence electrons. The van der Waals surface area contributed by atoms with Crippen molar-refractivity contribution in [3.8, 4) is 0 Å². The Balaban J connectivity index is 2.50. The van der Waals surface area contributed by atoms with Gasteiger partial charge in [-0.3, -0.25) is 0 Å². The second-order valence-electron chi connectivity index (χ2n) is 3.87. The van der Waals surface area contributed by atoms with Gasteiger partial charge in [-0.25, -0.2) is 13.1 Å². The minimum absolute atomic E-state index is 0.0441. The third kappa shape index (κ3) is 4.64. The number of rotatable bonds is 8. The van der Waals surface area contributed by atoms with Crippen LogP contribution in [0.15, 0.2) is 21.6 Å². The highest BCUT2D eigenvalue weighted by molar-refractivity contribution is 7.99. The highest BCUT2D eigenvalue weighted by Gasteiger charge is 2.16. The van der Waals surface area contributed by atoms with Gasteiger partial charge < -0.3 is 9.73 Å². The van der Waals surface area contributed by atoms with Gasteiger partial charge in [-0.2, -0.15) is 11.8 Å². The summed E-state index contributed by atoms with van der Waals surface area (Å²) in [5.41, 5.74) is 0. The summed E-state index contributed by atoms with van der Waals surface area (Å²) in [6, 6.07) is 3.51. The van der Waals surface area contributed by atoms with Crippen molar-refractivity contribution in [3.05, 3.63) is 17.9 Å². The largest absolute Gasteiger partial charge is 0.447 e. The fourth-order valence-electron chi connectivity index (χ4n) is 1.33. The second-order valence-corrected chi connectivity index (χ2v) is 7.01. The van der Waals surface area contributed by atoms with E-state index in [0.717, 1.165) is 11.5 Å². The van der Waals surface area contributed by atoms with E-state index in [1.165, 1.54) is 13.1 Å². The van der Waals surface area contributed by atoms with Gasteiger partial charge in [-0.05, 0) is 31.9 Å². The van der Waals surface area contributed by atoms with Gasteiger partial charge in [0.05, 0.1) is 6.54 Å². The van der Waals surface area contributed by atoms with Crippen molar-refractivity contribution in [2.24, 2.45) is 0 Å². The third-order valence-corrected chi connectivity index (χ3v) is 4.80. The number of hydrogen-bond acceptors (Lipinski definition) is 5. The molecule has 1 atom stereocenters. The van der Waals surface area contributed by atoms with E-state index in [0.29, 0.717) is 18.3 Å². The maximum atomic E-state index is 11.5. The van der Waals surface area contributed by atoms with E-state index in [2.05, 4.69) is 23.9 Å². The van der Waals surface area contributed by atoms with E-state index in [1.54, 1.807) is 6.07 Å². The van der Waals surface area contributed by atoms with Crippen LogP contribution in [0.4, 0.5) is 0 Å². The summed E-state index contributed by atoms with van der Waals surface area (Å²) in [5.74, 6) is 2.74. The predicted molar refractivity (Wildman–Crippen MR) is 74.3 cm³/mol. The van der Waals surface area contributed by atoms with Gasteiger partial charge in [0.15, 0.2) is 0 Å². The average Bonchev–Trinajstić information content (AvgIpc) is 2.83. The van der Waals surface area contributed by atoms with Crippen LogP contribution >= 0.6 is 11.8 Å². The molecule has 0 aliphatic rings. The van der Waals surface area contributed by atoms with Crippen molar-refractivity contribution >= 4 is 21.8 Å². The first-order valence-corrected chi connectivity index (χ1v) is 8.46. The van der Waals surface area contributed by atoms with Crippen LogP contribution in [0.1, 0.15) is 19.6 Å². The summed E-state index contributed by atoms with van der Waals surface area (Å²) in [7, 11) is -2.12. The molecule has 5 nitrogen and oxygen atoms in total. The molecule has 1 aromatic rings. The molecule has 0 bridgehead atoms. The van der Waals surface area contributed by atoms with Crippen LogP contribution in [0.5, 0.6) is 0 Å². The third-order valence-electron chi connectivity index (χ3n) is 2.37. The molecule has 0 aliphatic carbocycles. The first kappa shape index (κ1) is 15.6. The summed E-state index contributed by atoms with van der Waals surface area (Å²) < 4.78 is 30.4. The molecule has 1 rings (SSSR count). The SMILES string of the molecule is CCSCC(C)NCc1ccc(S(=O)(=O)NC)o1. The second kappa shape index (κ2) is 7.18. The van der Waals surface area contributed by atoms with Crippen molar-refractivity contribution in [1.82, 2.24) is 10.0 Å². The number of furan rings is 1. The highest BCUT2D eigenvalue weighted by atomic mass is 32.2. The van der Waals surface area contributed by atoms with Gasteiger partial charge in [0.1, 0.15) is 5.76 Å². The minimum atomic E-state index is -3.48. The van der Waals surface area contributed by atoms with E-state index in [1.807, 2.05) is 11.8 Å². The van der Waals surface area contributed by atoms with Crippen LogP contribution in [-0.2, 0) is 16.6 Å². The fraction of sp³-hybridized carbons (Fsp3) is 0.636. The molecular weight excluding hydrogens is 272 g/mol. The lowest BCUT2D eigenvalue weighted by atomic mass is 10.3. The van der Waals surface area contributed by atoms with E-state index >= 15 is 0 Å². The first-order valence-electron chi connectivity index (χ1n) is 5.83. The zero-order valence-electron chi connectivity index (χ0n) is 10.9. The summed E-state index contributed by atoms with van der Waals surface area (Å²) in [4.78, 5) is 0. The maximum absolute atomic E-state index is 11.5. The van der Waals surface area contributed by atoms with Gasteiger partial charge in [-0.15, -0.1) is 0 Å². The van der Waals surface area contributed by atoms with Gasteiger partial charge in [-0.1, -0.05) is 6.92 Å². The number of sulfonamides is 1. The lowest BCUT2D eigenvalue weighted by Crippen LogP contribution is -2.27. The fourth-order valence-corrected chi connectivity index (χ4v) is 2.70. The molecule has 7 heteroatoms. The Hall–Kier alpha value is -0.500. The Kier molecular flexibility index (Phi) is 6.20. The van der Waals surface area contributed by atoms with Crippen LogP contribution in [0.2, 0.25) is 0 Å². The van der Waals surface area contributed by atoms with Gasteiger partial charge in [0, 0.05) is 11.8 Å². The van der Waals surface area contributed by atoms with Crippen LogP contribution in [0, 0.1) is 0 Å². The predicted octanol–water partition coefficient (Wildman–Crippen LogP) is 1.42. The summed E-state index contributed by atoms with van der Waals surface area (Å²) in [5, 5.41) is 3.24. The molecular formula is C11H20N2O3S2. The molecule has 0 aliphatic heterocycles. The smallest absolute Gasteiger partial charge is 0.273 e. The summed E-state index contributed by atoms with van der Waals surface area (Å²) in [6.07, 6.45) is 0. The van der Waals surface area contributed by atoms with Gasteiger partial charge in [0.2, 0.25) is 5.09 Å². The molecule has 0 amide bonds. The zero-order chi connectivity index (χ0) is 13.6. The Bertz CT molecular complexity index is 457. The van der Waals surface area contributed by atoms with Gasteiger partial charge in [0.25, 0.3) is 10.0 Å². The van der Waals surface area contributed by atoms with Crippen LogP contribution < -0.4 is 10.0 Å². The molecule has 18 heavy (non-hydrogen) atoms. The average molecular weight is 292 g/mol. The van der Waals surface area contributed by atoms with E-state index in [4.69, 9.17) is 4.42 Å². The lowest BCUT2D eigenvalue weighted by Gasteiger charge is -2.11. The van der Waals surface area contributed by atoms with E-state index in [9.17, 15) is 8.42 Å². The molecule has 1 aromatic heterocycles. The van der Waals surface area contributed by atoms with Crippen molar-refractivity contribution in [3.63, 3.8) is 0 Å². The Morgan fingerprint density at radius 1 is 1.44 bits per heavy atom. The van der Waals surface area contributed by atoms with Crippen LogP contribution in [-0.4, -0.2) is 33.0 Å². The molecule has 0 saturated carbocycles. The molecule has 2 N–H and O–H groups in total. The zero-order valence-corrected chi connectivity index (χ0v) is 12.5. The number of thioether (sulfide) groups is 1. The Labute approximate surface area is 113 Å². The van der Waals surface area contributed by atoms with Crippen molar-refractivity contribution < 1.29 is 12.8 Å². The molecule has 1 heterocycles. The first-order chi connectivity index (χ1) is 8.49. The molecule has 0 saturated heterocycles. The van der Waals surface area contributed by atoms with Crippen molar-refractivity contribution in [2.45, 2.75) is 31.5 Å². The number of hydrogen-bond donors (Lipinski definition) is 2. The normalized spacial score (nSPS) is 13.7. The monoisotopic (exact) mass is 292 g/mol. The number of nitrogens with one attached hydrogen (secondary N) is 2. The Morgan fingerprint density at radius 3 is 2.78 bits per heavy atom. The highest BCUT2D eigenvalue weighted by Crippen LogP contribution is 2.13. The molecule has 0 fully saturated rings. The molecule has 0 spiro atoms. The van der Waals surface area contributed by atoms with Crippen LogP contribution in [0.25, 0.3) is 0 Å². The molecule has 0 radical (unpaired) electrons. The summed E-state index contributed by atoms with van der Waals surface area (Å²) in [6.45, 7) is 4.75. The van der Waals surface area contributed by atoms with Crippen molar-refractivity contribution in [1.29, 1.82) is 0 Å². The molecule has 0 aromatic carbocycles. The quantitative estimate of drug-likeness (QED) is 0.758. The van der Waals surface area contributed by atoms with E-state index < -0.39 is 10.0 Å². The minimum Gasteiger partial charge on any atom is -0.447 e. The van der Waals surface area contributed by atoms with Crippen molar-refractivity contribution in [2.75, 3.05) is 18.6 Å².